The Balaban J connectivity index is 1.99. The zero-order chi connectivity index (χ0) is 14.5. The molecule has 2 N–H and O–H groups in total. The first kappa shape index (κ1) is 14.7. The topological polar surface area (TPSA) is 105 Å². The second-order valence-electron chi connectivity index (χ2n) is 3.38. The van der Waals surface area contributed by atoms with Gasteiger partial charge in [0.2, 0.25) is 5.13 Å². The molecule has 0 bridgehead atoms. The number of carboxylic acid groups (broad SMARTS) is 1. The molecule has 7 nitrogen and oxygen atoms in total. The van der Waals surface area contributed by atoms with Crippen molar-refractivity contribution in [3.63, 3.8) is 0 Å². The predicted octanol–water partition coefficient (Wildman–Crippen LogP) is 2.02. The maximum atomic E-state index is 11.9. The zero-order valence-corrected chi connectivity index (χ0v) is 12.1. The minimum Gasteiger partial charge on any atom is -0.481 e. The van der Waals surface area contributed by atoms with E-state index in [1.807, 2.05) is 0 Å². The number of anilines is 1. The van der Waals surface area contributed by atoms with Gasteiger partial charge in [0.05, 0.1) is 5.75 Å². The largest absolute Gasteiger partial charge is 0.481 e. The standard InChI is InChI=1S/C10H7ClN4O3S2/c11-6-3-5(1-2-12-6)8(18)13-9-14-15-10(20-9)19-4-7(16)17/h1-3H,4H2,(H,16,17)(H,13,14,18). The fraction of sp³-hybridized carbons (Fsp3) is 0.100. The molecule has 10 heteroatoms. The third-order valence-corrected chi connectivity index (χ3v) is 4.10. The van der Waals surface area contributed by atoms with E-state index >= 15 is 0 Å². The van der Waals surface area contributed by atoms with Crippen LogP contribution in [0.15, 0.2) is 22.7 Å². The fourth-order valence-electron chi connectivity index (χ4n) is 1.16. The lowest BCUT2D eigenvalue weighted by atomic mass is 10.2. The van der Waals surface area contributed by atoms with E-state index in [9.17, 15) is 9.59 Å². The zero-order valence-electron chi connectivity index (χ0n) is 9.74. The second kappa shape index (κ2) is 6.64. The van der Waals surface area contributed by atoms with Crippen LogP contribution < -0.4 is 5.32 Å². The summed E-state index contributed by atoms with van der Waals surface area (Å²) in [7, 11) is 0. The van der Waals surface area contributed by atoms with Gasteiger partial charge in [-0.15, -0.1) is 10.2 Å². The van der Waals surface area contributed by atoms with Gasteiger partial charge in [0.1, 0.15) is 5.15 Å². The molecule has 0 radical (unpaired) electrons. The average Bonchev–Trinajstić information content (AvgIpc) is 2.84. The number of aliphatic carboxylic acids is 1. The van der Waals surface area contributed by atoms with Crippen molar-refractivity contribution >= 4 is 51.7 Å². The summed E-state index contributed by atoms with van der Waals surface area (Å²) in [5.74, 6) is -1.44. The fourth-order valence-corrected chi connectivity index (χ4v) is 2.80. The molecule has 0 saturated heterocycles. The quantitative estimate of drug-likeness (QED) is 0.490. The monoisotopic (exact) mass is 330 g/mol. The summed E-state index contributed by atoms with van der Waals surface area (Å²) >= 11 is 7.83. The Labute approximate surface area is 126 Å². The molecule has 2 heterocycles. The molecule has 0 aromatic carbocycles. The van der Waals surface area contributed by atoms with E-state index in [4.69, 9.17) is 16.7 Å². The van der Waals surface area contributed by atoms with Gasteiger partial charge >= 0.3 is 5.97 Å². The van der Waals surface area contributed by atoms with Crippen LogP contribution >= 0.6 is 34.7 Å². The van der Waals surface area contributed by atoms with Gasteiger partial charge in [-0.1, -0.05) is 34.7 Å². The molecule has 0 unspecified atom stereocenters. The van der Waals surface area contributed by atoms with Crippen LogP contribution in [0.25, 0.3) is 0 Å². The maximum absolute atomic E-state index is 11.9. The van der Waals surface area contributed by atoms with E-state index in [-0.39, 0.29) is 21.9 Å². The number of carbonyl (C=O) groups excluding carboxylic acids is 1. The van der Waals surface area contributed by atoms with Gasteiger partial charge < -0.3 is 5.11 Å². The molecule has 0 aliphatic rings. The van der Waals surface area contributed by atoms with Gasteiger partial charge in [-0.05, 0) is 12.1 Å². The lowest BCUT2D eigenvalue weighted by molar-refractivity contribution is -0.133. The summed E-state index contributed by atoms with van der Waals surface area (Å²) in [6.45, 7) is 0. The number of aromatic nitrogens is 3. The molecule has 2 aromatic heterocycles. The lowest BCUT2D eigenvalue weighted by Gasteiger charge is -2.00. The van der Waals surface area contributed by atoms with Crippen LogP contribution in [0.5, 0.6) is 0 Å². The molecule has 0 aliphatic heterocycles. The smallest absolute Gasteiger partial charge is 0.313 e. The summed E-state index contributed by atoms with van der Waals surface area (Å²) < 4.78 is 0.468. The Kier molecular flexibility index (Phi) is 4.88. The highest BCUT2D eigenvalue weighted by molar-refractivity contribution is 8.01. The molecule has 0 spiro atoms. The van der Waals surface area contributed by atoms with Crippen LogP contribution in [0, 0.1) is 0 Å². The van der Waals surface area contributed by atoms with E-state index < -0.39 is 5.97 Å². The number of hydrogen-bond donors (Lipinski definition) is 2. The first-order valence-electron chi connectivity index (χ1n) is 5.15. The molecular weight excluding hydrogens is 324 g/mol. The van der Waals surface area contributed by atoms with E-state index in [0.29, 0.717) is 9.90 Å². The molecule has 2 aromatic rings. The first-order valence-corrected chi connectivity index (χ1v) is 7.33. The third-order valence-electron chi connectivity index (χ3n) is 1.93. The lowest BCUT2D eigenvalue weighted by Crippen LogP contribution is -2.11. The second-order valence-corrected chi connectivity index (χ2v) is 5.96. The molecule has 0 atom stereocenters. The van der Waals surface area contributed by atoms with Crippen LogP contribution in [0.3, 0.4) is 0 Å². The van der Waals surface area contributed by atoms with Gasteiger partial charge in [-0.25, -0.2) is 4.98 Å². The highest BCUT2D eigenvalue weighted by Gasteiger charge is 2.11. The van der Waals surface area contributed by atoms with Gasteiger partial charge in [0.15, 0.2) is 4.34 Å². The van der Waals surface area contributed by atoms with Gasteiger partial charge in [0.25, 0.3) is 5.91 Å². The number of thioether (sulfide) groups is 1. The van der Waals surface area contributed by atoms with Crippen molar-refractivity contribution in [2.45, 2.75) is 4.34 Å². The molecule has 1 amide bonds. The van der Waals surface area contributed by atoms with Crippen molar-refractivity contribution in [1.82, 2.24) is 15.2 Å². The van der Waals surface area contributed by atoms with Crippen LogP contribution in [0.1, 0.15) is 10.4 Å². The minimum absolute atomic E-state index is 0.109. The van der Waals surface area contributed by atoms with Crippen LogP contribution in [-0.4, -0.2) is 37.9 Å². The van der Waals surface area contributed by atoms with E-state index in [0.717, 1.165) is 23.1 Å². The number of rotatable bonds is 5. The van der Waals surface area contributed by atoms with Gasteiger partial charge in [-0.3, -0.25) is 14.9 Å². The van der Waals surface area contributed by atoms with Crippen molar-refractivity contribution in [3.8, 4) is 0 Å². The number of amides is 1. The van der Waals surface area contributed by atoms with Crippen molar-refractivity contribution < 1.29 is 14.7 Å². The van der Waals surface area contributed by atoms with Crippen molar-refractivity contribution in [2.24, 2.45) is 0 Å². The molecule has 20 heavy (non-hydrogen) atoms. The van der Waals surface area contributed by atoms with Crippen molar-refractivity contribution in [2.75, 3.05) is 11.1 Å². The molecule has 0 aliphatic carbocycles. The molecule has 0 fully saturated rings. The van der Waals surface area contributed by atoms with Gasteiger partial charge in [0, 0.05) is 11.8 Å². The van der Waals surface area contributed by atoms with Crippen LogP contribution in [0.2, 0.25) is 5.15 Å². The summed E-state index contributed by atoms with van der Waals surface area (Å²) in [4.78, 5) is 26.1. The Hall–Kier alpha value is -1.71. The molecule has 0 saturated carbocycles. The van der Waals surface area contributed by atoms with Crippen LogP contribution in [-0.2, 0) is 4.79 Å². The summed E-state index contributed by atoms with van der Waals surface area (Å²) in [5.41, 5.74) is 0.347. The Morgan fingerprint density at radius 1 is 1.45 bits per heavy atom. The highest BCUT2D eigenvalue weighted by Crippen LogP contribution is 2.25. The number of nitrogens with one attached hydrogen (secondary N) is 1. The molecule has 104 valence electrons. The maximum Gasteiger partial charge on any atom is 0.313 e. The number of hydrogen-bond acceptors (Lipinski definition) is 7. The summed E-state index contributed by atoms with van der Waals surface area (Å²) in [6.07, 6.45) is 1.42. The average molecular weight is 331 g/mol. The number of nitrogens with zero attached hydrogens (tertiary/aromatic N) is 3. The predicted molar refractivity (Wildman–Crippen MR) is 75.5 cm³/mol. The Bertz CT molecular complexity index is 649. The van der Waals surface area contributed by atoms with E-state index in [2.05, 4.69) is 20.5 Å². The van der Waals surface area contributed by atoms with Crippen molar-refractivity contribution in [1.29, 1.82) is 0 Å². The Morgan fingerprint density at radius 3 is 2.95 bits per heavy atom. The van der Waals surface area contributed by atoms with E-state index in [1.165, 1.54) is 18.3 Å². The van der Waals surface area contributed by atoms with Gasteiger partial charge in [-0.2, -0.15) is 0 Å². The number of carbonyl (C=O) groups is 2. The highest BCUT2D eigenvalue weighted by atomic mass is 35.5. The summed E-state index contributed by atoms with van der Waals surface area (Å²) in [5, 5.41) is 19.1. The Morgan fingerprint density at radius 2 is 2.25 bits per heavy atom. The normalized spacial score (nSPS) is 10.2. The number of pyridine rings is 1. The summed E-state index contributed by atoms with van der Waals surface area (Å²) in [6, 6.07) is 2.94. The third kappa shape index (κ3) is 4.15. The van der Waals surface area contributed by atoms with Crippen LogP contribution in [0.4, 0.5) is 5.13 Å². The van der Waals surface area contributed by atoms with E-state index in [1.54, 1.807) is 0 Å². The number of halogens is 1. The molecular formula is C10H7ClN4O3S2. The first-order chi connectivity index (χ1) is 9.54. The number of carboxylic acids is 1. The molecule has 2 rings (SSSR count). The minimum atomic E-state index is -0.942. The SMILES string of the molecule is O=C(O)CSc1nnc(NC(=O)c2ccnc(Cl)c2)s1. The van der Waals surface area contributed by atoms with Crippen molar-refractivity contribution in [3.05, 3.63) is 29.0 Å².